The van der Waals surface area contributed by atoms with Crippen molar-refractivity contribution in [3.63, 3.8) is 0 Å². The van der Waals surface area contributed by atoms with E-state index in [2.05, 4.69) is 10.6 Å². The number of unbranched alkanes of at least 4 members (excludes halogenated alkanes) is 1. The summed E-state index contributed by atoms with van der Waals surface area (Å²) >= 11 is 0. The van der Waals surface area contributed by atoms with Crippen molar-refractivity contribution >= 4 is 33.4 Å². The molecule has 2 amide bonds. The number of aliphatic hydroxyl groups is 3. The van der Waals surface area contributed by atoms with Gasteiger partial charge in [-0.2, -0.15) is 0 Å². The molecule has 0 spiro atoms. The van der Waals surface area contributed by atoms with Crippen LogP contribution in [0.4, 0.5) is 0 Å². The maximum absolute atomic E-state index is 11.7. The lowest BCUT2D eigenvalue weighted by molar-refractivity contribution is -0.128. The Bertz CT molecular complexity index is 366. The van der Waals surface area contributed by atoms with Gasteiger partial charge in [-0.3, -0.25) is 9.59 Å². The zero-order valence-corrected chi connectivity index (χ0v) is 14.8. The molecule has 0 saturated carbocycles. The van der Waals surface area contributed by atoms with E-state index >= 15 is 0 Å². The molecule has 0 aromatic carbocycles. The van der Waals surface area contributed by atoms with Gasteiger partial charge < -0.3 is 26.0 Å². The van der Waals surface area contributed by atoms with Gasteiger partial charge in [0, 0.05) is 17.4 Å². The van der Waals surface area contributed by atoms with Crippen molar-refractivity contribution in [3.8, 4) is 0 Å². The molecule has 1 aliphatic heterocycles. The van der Waals surface area contributed by atoms with Gasteiger partial charge in [-0.15, -0.1) is 0 Å². The van der Waals surface area contributed by atoms with Crippen LogP contribution in [0.1, 0.15) is 32.1 Å². The minimum Gasteiger partial charge on any atom is -0.394 e. The average molecular weight is 367 g/mol. The summed E-state index contributed by atoms with van der Waals surface area (Å²) in [6, 6.07) is 0. The number of aliphatic hydroxyl groups excluding tert-OH is 3. The van der Waals surface area contributed by atoms with Crippen molar-refractivity contribution in [2.24, 2.45) is 0 Å². The first-order chi connectivity index (χ1) is 11.0. The van der Waals surface area contributed by atoms with Gasteiger partial charge in [0.1, 0.15) is 5.54 Å². The maximum atomic E-state index is 11.7. The molecular formula is C14H26N2O5S2. The molecule has 0 aliphatic carbocycles. The van der Waals surface area contributed by atoms with Crippen LogP contribution < -0.4 is 10.6 Å². The molecule has 23 heavy (non-hydrogen) atoms. The lowest BCUT2D eigenvalue weighted by atomic mass is 10.0. The average Bonchev–Trinajstić information content (AvgIpc) is 3.08. The Labute approximate surface area is 144 Å². The van der Waals surface area contributed by atoms with Crippen molar-refractivity contribution in [3.05, 3.63) is 0 Å². The van der Waals surface area contributed by atoms with E-state index in [9.17, 15) is 9.59 Å². The Balaban J connectivity index is 2.13. The van der Waals surface area contributed by atoms with Crippen LogP contribution in [-0.2, 0) is 9.59 Å². The third kappa shape index (κ3) is 7.75. The van der Waals surface area contributed by atoms with Crippen molar-refractivity contribution in [2.45, 2.75) is 42.9 Å². The molecule has 0 aromatic heterocycles. The van der Waals surface area contributed by atoms with E-state index in [4.69, 9.17) is 15.3 Å². The summed E-state index contributed by atoms with van der Waals surface area (Å²) in [4.78, 5) is 23.3. The predicted octanol–water partition coefficient (Wildman–Crippen LogP) is -0.351. The van der Waals surface area contributed by atoms with Crippen LogP contribution >= 0.6 is 21.6 Å². The summed E-state index contributed by atoms with van der Waals surface area (Å²) in [5, 5.41) is 32.9. The highest BCUT2D eigenvalue weighted by Crippen LogP contribution is 2.39. The fraction of sp³-hybridized carbons (Fsp3) is 0.857. The monoisotopic (exact) mass is 366 g/mol. The highest BCUT2D eigenvalue weighted by Gasteiger charge is 2.29. The standard InChI is InChI=1S/C14H26N2O5S2/c17-8-14(9-18,10-19)16-13(21)7-15-12(20)4-2-1-3-11-5-6-22-23-11/h11,17-19H,1-10H2,(H,15,20)(H,16,21). The van der Waals surface area contributed by atoms with Gasteiger partial charge >= 0.3 is 0 Å². The number of amides is 2. The van der Waals surface area contributed by atoms with Gasteiger partial charge in [0.15, 0.2) is 0 Å². The molecule has 1 aliphatic rings. The minimum atomic E-state index is -1.46. The molecule has 1 fully saturated rings. The molecule has 1 atom stereocenters. The molecule has 5 N–H and O–H groups in total. The molecule has 1 saturated heterocycles. The van der Waals surface area contributed by atoms with E-state index in [0.29, 0.717) is 11.7 Å². The molecule has 1 unspecified atom stereocenters. The number of carbonyl (C=O) groups is 2. The molecule has 9 heteroatoms. The van der Waals surface area contributed by atoms with E-state index in [1.165, 1.54) is 12.2 Å². The van der Waals surface area contributed by atoms with E-state index < -0.39 is 31.3 Å². The number of rotatable bonds is 11. The zero-order valence-electron chi connectivity index (χ0n) is 13.1. The summed E-state index contributed by atoms with van der Waals surface area (Å²) in [5.74, 6) is 0.452. The Morgan fingerprint density at radius 3 is 2.35 bits per heavy atom. The summed E-state index contributed by atoms with van der Waals surface area (Å²) < 4.78 is 0. The van der Waals surface area contributed by atoms with Crippen molar-refractivity contribution in [1.29, 1.82) is 0 Å². The number of hydrogen-bond donors (Lipinski definition) is 5. The highest BCUT2D eigenvalue weighted by atomic mass is 33.1. The molecule has 7 nitrogen and oxygen atoms in total. The highest BCUT2D eigenvalue weighted by molar-refractivity contribution is 8.77. The largest absolute Gasteiger partial charge is 0.394 e. The van der Waals surface area contributed by atoms with E-state index in [-0.39, 0.29) is 12.5 Å². The Morgan fingerprint density at radius 2 is 1.78 bits per heavy atom. The van der Waals surface area contributed by atoms with Gasteiger partial charge in [0.25, 0.3) is 0 Å². The Morgan fingerprint density at radius 1 is 1.09 bits per heavy atom. The minimum absolute atomic E-state index is 0.198. The summed E-state index contributed by atoms with van der Waals surface area (Å²) in [5.41, 5.74) is -1.46. The quantitative estimate of drug-likeness (QED) is 0.250. The topological polar surface area (TPSA) is 119 Å². The number of carbonyl (C=O) groups excluding carboxylic acids is 2. The van der Waals surface area contributed by atoms with Crippen LogP contribution in [0.25, 0.3) is 0 Å². The van der Waals surface area contributed by atoms with Gasteiger partial charge in [-0.05, 0) is 19.3 Å². The van der Waals surface area contributed by atoms with Crippen molar-refractivity contribution < 1.29 is 24.9 Å². The molecule has 0 bridgehead atoms. The zero-order chi connectivity index (χ0) is 17.1. The second-order valence-corrected chi connectivity index (χ2v) is 8.44. The first kappa shape index (κ1) is 20.6. The summed E-state index contributed by atoms with van der Waals surface area (Å²) in [6.45, 7) is -2.00. The predicted molar refractivity (Wildman–Crippen MR) is 92.1 cm³/mol. The van der Waals surface area contributed by atoms with Crippen LogP contribution in [-0.4, -0.2) is 70.0 Å². The van der Waals surface area contributed by atoms with Gasteiger partial charge in [-0.1, -0.05) is 28.0 Å². The normalized spacial score (nSPS) is 18.0. The Hall–Kier alpha value is -0.480. The first-order valence-corrected chi connectivity index (χ1v) is 10.1. The molecule has 1 rings (SSSR count). The van der Waals surface area contributed by atoms with Gasteiger partial charge in [0.2, 0.25) is 11.8 Å². The molecule has 0 aromatic rings. The first-order valence-electron chi connectivity index (χ1n) is 7.74. The van der Waals surface area contributed by atoms with Crippen LogP contribution in [0, 0.1) is 0 Å². The fourth-order valence-corrected chi connectivity index (χ4v) is 5.13. The second kappa shape index (κ2) is 11.1. The van der Waals surface area contributed by atoms with Crippen molar-refractivity contribution in [2.75, 3.05) is 32.1 Å². The Kier molecular flexibility index (Phi) is 9.96. The third-order valence-corrected chi connectivity index (χ3v) is 6.67. The van der Waals surface area contributed by atoms with Gasteiger partial charge in [-0.25, -0.2) is 0 Å². The lowest BCUT2D eigenvalue weighted by Crippen LogP contribution is -2.58. The summed E-state index contributed by atoms with van der Waals surface area (Å²) in [6.07, 6.45) is 4.54. The van der Waals surface area contributed by atoms with E-state index in [0.717, 1.165) is 19.3 Å². The van der Waals surface area contributed by atoms with E-state index in [1.807, 2.05) is 21.6 Å². The molecule has 0 radical (unpaired) electrons. The molecular weight excluding hydrogens is 340 g/mol. The van der Waals surface area contributed by atoms with Crippen LogP contribution in [0.3, 0.4) is 0 Å². The SMILES string of the molecule is O=C(CCCCC1CCSS1)NCC(=O)NC(CO)(CO)CO. The van der Waals surface area contributed by atoms with Crippen LogP contribution in [0.15, 0.2) is 0 Å². The van der Waals surface area contributed by atoms with Gasteiger partial charge in [0.05, 0.1) is 26.4 Å². The van der Waals surface area contributed by atoms with Crippen LogP contribution in [0.5, 0.6) is 0 Å². The second-order valence-electron chi connectivity index (χ2n) is 5.65. The van der Waals surface area contributed by atoms with E-state index in [1.54, 1.807) is 0 Å². The maximum Gasteiger partial charge on any atom is 0.240 e. The molecule has 134 valence electrons. The molecule has 1 heterocycles. The smallest absolute Gasteiger partial charge is 0.240 e. The van der Waals surface area contributed by atoms with Crippen molar-refractivity contribution in [1.82, 2.24) is 10.6 Å². The lowest BCUT2D eigenvalue weighted by Gasteiger charge is -2.28. The number of nitrogens with one attached hydrogen (secondary N) is 2. The number of hydrogen-bond acceptors (Lipinski definition) is 7. The third-order valence-electron chi connectivity index (χ3n) is 3.67. The summed E-state index contributed by atoms with van der Waals surface area (Å²) in [7, 11) is 3.84. The fourth-order valence-electron chi connectivity index (χ4n) is 2.10. The van der Waals surface area contributed by atoms with Crippen LogP contribution in [0.2, 0.25) is 0 Å².